The van der Waals surface area contributed by atoms with E-state index in [1.807, 2.05) is 30.3 Å². The third kappa shape index (κ3) is 3.01. The molecule has 0 fully saturated rings. The van der Waals surface area contributed by atoms with Crippen LogP contribution in [0.1, 0.15) is 12.6 Å². The average molecular weight is 247 g/mol. The van der Waals surface area contributed by atoms with Crippen molar-refractivity contribution in [2.75, 3.05) is 6.61 Å². The van der Waals surface area contributed by atoms with E-state index in [0.29, 0.717) is 6.54 Å². The number of aliphatic hydroxyl groups is 1. The standard InChI is InChI=1S/C13H17N3O2/c1-9(8-17)15-13(18)14-7-11-6-10-4-2-3-5-12(10)16-11/h2-6,9,16-17H,7-8H2,1H3,(H2,14,15,18)/t9-/m0/s1. The number of carbonyl (C=O) groups is 1. The summed E-state index contributed by atoms with van der Waals surface area (Å²) in [5.74, 6) is 0. The third-order valence-electron chi connectivity index (χ3n) is 2.68. The van der Waals surface area contributed by atoms with Crippen molar-refractivity contribution in [3.8, 4) is 0 Å². The van der Waals surface area contributed by atoms with E-state index < -0.39 is 0 Å². The van der Waals surface area contributed by atoms with E-state index in [0.717, 1.165) is 16.6 Å². The molecule has 4 N–H and O–H groups in total. The fraction of sp³-hybridized carbons (Fsp3) is 0.308. The third-order valence-corrected chi connectivity index (χ3v) is 2.68. The minimum atomic E-state index is -0.282. The van der Waals surface area contributed by atoms with Crippen molar-refractivity contribution in [2.24, 2.45) is 0 Å². The van der Waals surface area contributed by atoms with Crippen molar-refractivity contribution < 1.29 is 9.90 Å². The molecule has 96 valence electrons. The molecule has 0 aliphatic heterocycles. The van der Waals surface area contributed by atoms with Gasteiger partial charge in [-0.15, -0.1) is 0 Å². The van der Waals surface area contributed by atoms with E-state index in [1.54, 1.807) is 6.92 Å². The number of urea groups is 1. The topological polar surface area (TPSA) is 77.2 Å². The Morgan fingerprint density at radius 1 is 1.44 bits per heavy atom. The van der Waals surface area contributed by atoms with E-state index >= 15 is 0 Å². The Hall–Kier alpha value is -2.01. The van der Waals surface area contributed by atoms with Crippen LogP contribution in [-0.2, 0) is 6.54 Å². The fourth-order valence-corrected chi connectivity index (χ4v) is 1.72. The maximum Gasteiger partial charge on any atom is 0.315 e. The molecule has 2 rings (SSSR count). The minimum Gasteiger partial charge on any atom is -0.394 e. The molecule has 2 amide bonds. The number of para-hydroxylation sites is 1. The van der Waals surface area contributed by atoms with Crippen molar-refractivity contribution in [3.63, 3.8) is 0 Å². The molecule has 5 heteroatoms. The molecule has 0 radical (unpaired) electrons. The van der Waals surface area contributed by atoms with Crippen LogP contribution in [0.15, 0.2) is 30.3 Å². The number of H-pyrrole nitrogens is 1. The molecule has 0 saturated carbocycles. The van der Waals surface area contributed by atoms with Crippen molar-refractivity contribution in [1.29, 1.82) is 0 Å². The summed E-state index contributed by atoms with van der Waals surface area (Å²) in [4.78, 5) is 14.7. The maximum absolute atomic E-state index is 11.5. The van der Waals surface area contributed by atoms with Crippen molar-refractivity contribution in [2.45, 2.75) is 19.5 Å². The van der Waals surface area contributed by atoms with Gasteiger partial charge < -0.3 is 20.7 Å². The monoisotopic (exact) mass is 247 g/mol. The molecule has 1 aromatic heterocycles. The van der Waals surface area contributed by atoms with Crippen molar-refractivity contribution in [1.82, 2.24) is 15.6 Å². The molecule has 0 spiro atoms. The van der Waals surface area contributed by atoms with Gasteiger partial charge in [0.25, 0.3) is 0 Å². The van der Waals surface area contributed by atoms with Crippen LogP contribution in [0.4, 0.5) is 4.79 Å². The number of carbonyl (C=O) groups excluding carboxylic acids is 1. The zero-order chi connectivity index (χ0) is 13.0. The summed E-state index contributed by atoms with van der Waals surface area (Å²) in [6.07, 6.45) is 0. The van der Waals surface area contributed by atoms with E-state index in [2.05, 4.69) is 15.6 Å². The van der Waals surface area contributed by atoms with Crippen LogP contribution in [0, 0.1) is 0 Å². The number of fused-ring (bicyclic) bond motifs is 1. The largest absolute Gasteiger partial charge is 0.394 e. The second kappa shape index (κ2) is 5.55. The van der Waals surface area contributed by atoms with E-state index in [9.17, 15) is 4.79 Å². The molecule has 5 nitrogen and oxygen atoms in total. The predicted octanol–water partition coefficient (Wildman–Crippen LogP) is 1.35. The molecule has 18 heavy (non-hydrogen) atoms. The van der Waals surface area contributed by atoms with Gasteiger partial charge >= 0.3 is 6.03 Å². The molecule has 0 saturated heterocycles. The fourth-order valence-electron chi connectivity index (χ4n) is 1.72. The first kappa shape index (κ1) is 12.4. The second-order valence-electron chi connectivity index (χ2n) is 4.29. The molecule has 0 aliphatic carbocycles. The lowest BCUT2D eigenvalue weighted by Gasteiger charge is -2.11. The number of benzene rings is 1. The summed E-state index contributed by atoms with van der Waals surface area (Å²) in [7, 11) is 0. The first-order valence-corrected chi connectivity index (χ1v) is 5.91. The van der Waals surface area contributed by atoms with Crippen LogP contribution in [0.3, 0.4) is 0 Å². The Labute approximate surface area is 105 Å². The number of aromatic nitrogens is 1. The van der Waals surface area contributed by atoms with Gasteiger partial charge in [0.1, 0.15) is 0 Å². The number of nitrogens with one attached hydrogen (secondary N) is 3. The van der Waals surface area contributed by atoms with Crippen molar-refractivity contribution >= 4 is 16.9 Å². The minimum absolute atomic E-state index is 0.0696. The predicted molar refractivity (Wildman–Crippen MR) is 70.2 cm³/mol. The molecule has 1 aromatic carbocycles. The maximum atomic E-state index is 11.5. The molecular formula is C13H17N3O2. The van der Waals surface area contributed by atoms with Gasteiger partial charge in [-0.05, 0) is 24.4 Å². The van der Waals surface area contributed by atoms with Gasteiger partial charge in [-0.25, -0.2) is 4.79 Å². The van der Waals surface area contributed by atoms with Crippen LogP contribution >= 0.6 is 0 Å². The molecule has 0 aliphatic rings. The Morgan fingerprint density at radius 2 is 2.22 bits per heavy atom. The quantitative estimate of drug-likeness (QED) is 0.658. The molecule has 0 bridgehead atoms. The smallest absolute Gasteiger partial charge is 0.315 e. The number of aliphatic hydroxyl groups excluding tert-OH is 1. The number of amides is 2. The normalized spacial score (nSPS) is 12.3. The van der Waals surface area contributed by atoms with Crippen LogP contribution in [-0.4, -0.2) is 28.8 Å². The SMILES string of the molecule is C[C@@H](CO)NC(=O)NCc1cc2ccccc2[nH]1. The number of rotatable bonds is 4. The molecule has 2 aromatic rings. The van der Waals surface area contributed by atoms with E-state index in [1.165, 1.54) is 0 Å². The van der Waals surface area contributed by atoms with Gasteiger partial charge in [0.05, 0.1) is 19.2 Å². The molecule has 0 unspecified atom stereocenters. The van der Waals surface area contributed by atoms with Crippen LogP contribution in [0.25, 0.3) is 10.9 Å². The van der Waals surface area contributed by atoms with Crippen LogP contribution in [0.2, 0.25) is 0 Å². The Morgan fingerprint density at radius 3 is 2.94 bits per heavy atom. The van der Waals surface area contributed by atoms with Gasteiger partial charge in [0.15, 0.2) is 0 Å². The molecule has 1 atom stereocenters. The highest BCUT2D eigenvalue weighted by Crippen LogP contribution is 2.14. The summed E-state index contributed by atoms with van der Waals surface area (Å²) in [6.45, 7) is 2.10. The molecule has 1 heterocycles. The second-order valence-corrected chi connectivity index (χ2v) is 4.29. The van der Waals surface area contributed by atoms with Gasteiger partial charge in [-0.2, -0.15) is 0 Å². The Bertz CT molecular complexity index is 503. The first-order valence-electron chi connectivity index (χ1n) is 5.91. The van der Waals surface area contributed by atoms with Crippen LogP contribution < -0.4 is 10.6 Å². The number of hydrogen-bond acceptors (Lipinski definition) is 2. The Kier molecular flexibility index (Phi) is 3.84. The summed E-state index contributed by atoms with van der Waals surface area (Å²) in [6, 6.07) is 9.43. The van der Waals surface area contributed by atoms with E-state index in [-0.39, 0.29) is 18.7 Å². The highest BCUT2D eigenvalue weighted by atomic mass is 16.3. The zero-order valence-corrected chi connectivity index (χ0v) is 10.2. The summed E-state index contributed by atoms with van der Waals surface area (Å²) in [5.41, 5.74) is 2.00. The first-order chi connectivity index (χ1) is 8.69. The highest BCUT2D eigenvalue weighted by molar-refractivity contribution is 5.80. The van der Waals surface area contributed by atoms with Gasteiger partial charge in [0, 0.05) is 11.2 Å². The van der Waals surface area contributed by atoms with Crippen molar-refractivity contribution in [3.05, 3.63) is 36.0 Å². The number of aromatic amines is 1. The van der Waals surface area contributed by atoms with Gasteiger partial charge in [0.2, 0.25) is 0 Å². The zero-order valence-electron chi connectivity index (χ0n) is 10.2. The lowest BCUT2D eigenvalue weighted by molar-refractivity contribution is 0.220. The lowest BCUT2D eigenvalue weighted by Crippen LogP contribution is -2.41. The van der Waals surface area contributed by atoms with Gasteiger partial charge in [-0.1, -0.05) is 18.2 Å². The lowest BCUT2D eigenvalue weighted by atomic mass is 10.2. The number of hydrogen-bond donors (Lipinski definition) is 4. The van der Waals surface area contributed by atoms with E-state index in [4.69, 9.17) is 5.11 Å². The summed E-state index contributed by atoms with van der Waals surface area (Å²) < 4.78 is 0. The van der Waals surface area contributed by atoms with Gasteiger partial charge in [-0.3, -0.25) is 0 Å². The Balaban J connectivity index is 1.92. The highest BCUT2D eigenvalue weighted by Gasteiger charge is 2.06. The summed E-state index contributed by atoms with van der Waals surface area (Å²) >= 11 is 0. The molecular weight excluding hydrogens is 230 g/mol. The average Bonchev–Trinajstić information content (AvgIpc) is 2.79. The summed E-state index contributed by atoms with van der Waals surface area (Å²) in [5, 5.41) is 15.3. The van der Waals surface area contributed by atoms with Crippen LogP contribution in [0.5, 0.6) is 0 Å².